The van der Waals surface area contributed by atoms with Gasteiger partial charge in [-0.05, 0) is 38.3 Å². The van der Waals surface area contributed by atoms with Crippen molar-refractivity contribution >= 4 is 17.1 Å². The Kier molecular flexibility index (Phi) is 4.06. The van der Waals surface area contributed by atoms with Gasteiger partial charge in [0.25, 0.3) is 0 Å². The highest BCUT2D eigenvalue weighted by Gasteiger charge is 2.25. The fraction of sp³-hybridized carbons (Fsp3) is 0.533. The first-order chi connectivity index (χ1) is 9.49. The molecule has 0 aliphatic heterocycles. The zero-order valence-electron chi connectivity index (χ0n) is 12.4. The van der Waals surface area contributed by atoms with E-state index in [-0.39, 0.29) is 5.92 Å². The predicted octanol–water partition coefficient (Wildman–Crippen LogP) is 3.29. The SMILES string of the molecule is CCC(CC)c1nc2cc(C)cnc2n1C(C)C(=O)O. The lowest BCUT2D eigenvalue weighted by Crippen LogP contribution is -2.20. The smallest absolute Gasteiger partial charge is 0.326 e. The van der Waals surface area contributed by atoms with E-state index in [4.69, 9.17) is 0 Å². The van der Waals surface area contributed by atoms with Crippen LogP contribution in [-0.4, -0.2) is 25.6 Å². The van der Waals surface area contributed by atoms with Crippen molar-refractivity contribution < 1.29 is 9.90 Å². The van der Waals surface area contributed by atoms with Crippen LogP contribution in [0.1, 0.15) is 57.0 Å². The second-order valence-corrected chi connectivity index (χ2v) is 5.22. The van der Waals surface area contributed by atoms with Crippen LogP contribution in [-0.2, 0) is 4.79 Å². The number of imidazole rings is 1. The van der Waals surface area contributed by atoms with Crippen molar-refractivity contribution in [3.05, 3.63) is 23.7 Å². The monoisotopic (exact) mass is 275 g/mol. The summed E-state index contributed by atoms with van der Waals surface area (Å²) in [6, 6.07) is 1.30. The summed E-state index contributed by atoms with van der Waals surface area (Å²) in [6.07, 6.45) is 3.63. The summed E-state index contributed by atoms with van der Waals surface area (Å²) in [6.45, 7) is 7.84. The van der Waals surface area contributed by atoms with Crippen LogP contribution in [0.5, 0.6) is 0 Å². The molecule has 0 aromatic carbocycles. The molecule has 2 rings (SSSR count). The Hall–Kier alpha value is -1.91. The van der Waals surface area contributed by atoms with E-state index in [0.29, 0.717) is 5.65 Å². The van der Waals surface area contributed by atoms with Crippen LogP contribution in [0.2, 0.25) is 0 Å². The molecule has 1 N–H and O–H groups in total. The zero-order chi connectivity index (χ0) is 14.9. The molecule has 0 saturated carbocycles. The fourth-order valence-electron chi connectivity index (χ4n) is 2.53. The van der Waals surface area contributed by atoms with Gasteiger partial charge in [0.1, 0.15) is 17.4 Å². The summed E-state index contributed by atoms with van der Waals surface area (Å²) in [5.41, 5.74) is 2.47. The van der Waals surface area contributed by atoms with Gasteiger partial charge in [-0.1, -0.05) is 13.8 Å². The van der Waals surface area contributed by atoms with Gasteiger partial charge >= 0.3 is 5.97 Å². The largest absolute Gasteiger partial charge is 0.480 e. The molecule has 5 heteroatoms. The Bertz CT molecular complexity index is 629. The van der Waals surface area contributed by atoms with Gasteiger partial charge in [0.2, 0.25) is 0 Å². The van der Waals surface area contributed by atoms with Crippen LogP contribution in [0.25, 0.3) is 11.2 Å². The van der Waals surface area contributed by atoms with Crippen LogP contribution in [0.4, 0.5) is 0 Å². The van der Waals surface area contributed by atoms with E-state index in [1.54, 1.807) is 17.7 Å². The van der Waals surface area contributed by atoms with Gasteiger partial charge in [-0.2, -0.15) is 0 Å². The Morgan fingerprint density at radius 1 is 1.40 bits per heavy atom. The topological polar surface area (TPSA) is 68.0 Å². The molecule has 0 radical (unpaired) electrons. The maximum atomic E-state index is 11.4. The molecule has 1 atom stereocenters. The number of hydrogen-bond acceptors (Lipinski definition) is 3. The average molecular weight is 275 g/mol. The molecular formula is C15H21N3O2. The molecule has 2 heterocycles. The third-order valence-corrected chi connectivity index (χ3v) is 3.79. The minimum Gasteiger partial charge on any atom is -0.480 e. The first-order valence-electron chi connectivity index (χ1n) is 7.06. The van der Waals surface area contributed by atoms with Crippen molar-refractivity contribution in [3.8, 4) is 0 Å². The minimum atomic E-state index is -0.862. The molecular weight excluding hydrogens is 254 g/mol. The van der Waals surface area contributed by atoms with E-state index in [1.165, 1.54) is 0 Å². The molecule has 0 aliphatic carbocycles. The normalized spacial score (nSPS) is 13.1. The molecule has 0 bridgehead atoms. The van der Waals surface area contributed by atoms with Crippen LogP contribution in [0.15, 0.2) is 12.3 Å². The Morgan fingerprint density at radius 2 is 2.05 bits per heavy atom. The van der Waals surface area contributed by atoms with Crippen molar-refractivity contribution in [3.63, 3.8) is 0 Å². The maximum Gasteiger partial charge on any atom is 0.326 e. The number of aliphatic carboxylic acids is 1. The van der Waals surface area contributed by atoms with E-state index in [1.807, 2.05) is 13.0 Å². The number of fused-ring (bicyclic) bond motifs is 1. The first-order valence-corrected chi connectivity index (χ1v) is 7.06. The molecule has 5 nitrogen and oxygen atoms in total. The molecule has 2 aromatic heterocycles. The summed E-state index contributed by atoms with van der Waals surface area (Å²) in [5, 5.41) is 9.34. The molecule has 1 unspecified atom stereocenters. The number of hydrogen-bond donors (Lipinski definition) is 1. The molecule has 108 valence electrons. The van der Waals surface area contributed by atoms with Crippen molar-refractivity contribution in [2.75, 3.05) is 0 Å². The molecule has 0 amide bonds. The van der Waals surface area contributed by atoms with Gasteiger partial charge in [-0.25, -0.2) is 14.8 Å². The zero-order valence-corrected chi connectivity index (χ0v) is 12.4. The molecule has 20 heavy (non-hydrogen) atoms. The molecule has 0 spiro atoms. The van der Waals surface area contributed by atoms with Gasteiger partial charge in [0, 0.05) is 12.1 Å². The third-order valence-electron chi connectivity index (χ3n) is 3.79. The second-order valence-electron chi connectivity index (χ2n) is 5.22. The first kappa shape index (κ1) is 14.5. The lowest BCUT2D eigenvalue weighted by atomic mass is 10.0. The van der Waals surface area contributed by atoms with Gasteiger partial charge in [0.15, 0.2) is 5.65 Å². The molecule has 0 aliphatic rings. The van der Waals surface area contributed by atoms with E-state index >= 15 is 0 Å². The maximum absolute atomic E-state index is 11.4. The number of rotatable bonds is 5. The van der Waals surface area contributed by atoms with Gasteiger partial charge in [0.05, 0.1) is 0 Å². The number of nitrogens with zero attached hydrogens (tertiary/aromatic N) is 3. The van der Waals surface area contributed by atoms with E-state index < -0.39 is 12.0 Å². The highest BCUT2D eigenvalue weighted by atomic mass is 16.4. The number of carboxylic acid groups (broad SMARTS) is 1. The summed E-state index contributed by atoms with van der Waals surface area (Å²) in [7, 11) is 0. The number of carbonyl (C=O) groups is 1. The summed E-state index contributed by atoms with van der Waals surface area (Å²) < 4.78 is 1.77. The Morgan fingerprint density at radius 3 is 2.60 bits per heavy atom. The fourth-order valence-corrected chi connectivity index (χ4v) is 2.53. The minimum absolute atomic E-state index is 0.256. The van der Waals surface area contributed by atoms with Crippen LogP contribution in [0, 0.1) is 6.92 Å². The Balaban J connectivity index is 2.71. The molecule has 0 saturated heterocycles. The molecule has 0 fully saturated rings. The van der Waals surface area contributed by atoms with E-state index in [9.17, 15) is 9.90 Å². The molecule has 2 aromatic rings. The second kappa shape index (κ2) is 5.61. The van der Waals surface area contributed by atoms with E-state index in [0.717, 1.165) is 29.7 Å². The van der Waals surface area contributed by atoms with Crippen LogP contribution >= 0.6 is 0 Å². The van der Waals surface area contributed by atoms with Gasteiger partial charge < -0.3 is 5.11 Å². The summed E-state index contributed by atoms with van der Waals surface area (Å²) >= 11 is 0. The summed E-state index contributed by atoms with van der Waals surface area (Å²) in [4.78, 5) is 20.4. The lowest BCUT2D eigenvalue weighted by Gasteiger charge is -2.17. The van der Waals surface area contributed by atoms with Crippen molar-refractivity contribution in [1.82, 2.24) is 14.5 Å². The highest BCUT2D eigenvalue weighted by Crippen LogP contribution is 2.29. The Labute approximate surface area is 118 Å². The van der Waals surface area contributed by atoms with Crippen molar-refractivity contribution in [2.24, 2.45) is 0 Å². The standard InChI is InChI=1S/C15H21N3O2/c1-5-11(6-2)13-17-12-7-9(3)8-16-14(12)18(13)10(4)15(19)20/h7-8,10-11H,5-6H2,1-4H3,(H,19,20). The van der Waals surface area contributed by atoms with E-state index in [2.05, 4.69) is 23.8 Å². The van der Waals surface area contributed by atoms with Crippen molar-refractivity contribution in [1.29, 1.82) is 0 Å². The van der Waals surface area contributed by atoms with Crippen LogP contribution < -0.4 is 0 Å². The van der Waals surface area contributed by atoms with Crippen LogP contribution in [0.3, 0.4) is 0 Å². The highest BCUT2D eigenvalue weighted by molar-refractivity contribution is 5.78. The summed E-state index contributed by atoms with van der Waals surface area (Å²) in [5.74, 6) is 0.225. The lowest BCUT2D eigenvalue weighted by molar-refractivity contribution is -0.140. The quantitative estimate of drug-likeness (QED) is 0.909. The average Bonchev–Trinajstić information content (AvgIpc) is 2.77. The van der Waals surface area contributed by atoms with Crippen molar-refractivity contribution in [2.45, 2.75) is 52.5 Å². The number of aryl methyl sites for hydroxylation is 1. The predicted molar refractivity (Wildman–Crippen MR) is 77.9 cm³/mol. The number of carboxylic acids is 1. The number of pyridine rings is 1. The van der Waals surface area contributed by atoms with Gasteiger partial charge in [-0.3, -0.25) is 4.57 Å². The van der Waals surface area contributed by atoms with Gasteiger partial charge in [-0.15, -0.1) is 0 Å². The third kappa shape index (κ3) is 2.40. The number of aromatic nitrogens is 3.